The molecule has 0 spiro atoms. The first kappa shape index (κ1) is 15.9. The first-order valence-corrected chi connectivity index (χ1v) is 7.49. The van der Waals surface area contributed by atoms with Crippen LogP contribution in [-0.2, 0) is 4.79 Å². The number of carbonyl (C=O) groups is 1. The number of nitrogens with one attached hydrogen (secondary N) is 1. The summed E-state index contributed by atoms with van der Waals surface area (Å²) in [4.78, 5) is 20.0. The van der Waals surface area contributed by atoms with E-state index in [0.717, 1.165) is 35.3 Å². The molecule has 0 bridgehead atoms. The Bertz CT molecular complexity index is 405. The number of nitrogens with two attached hydrogens (primary N) is 1. The van der Waals surface area contributed by atoms with Crippen molar-refractivity contribution in [2.45, 2.75) is 44.8 Å². The molecule has 19 heavy (non-hydrogen) atoms. The molecule has 0 aromatic carbocycles. The Balaban J connectivity index is 2.44. The highest BCUT2D eigenvalue weighted by Gasteiger charge is 2.14. The third-order valence-electron chi connectivity index (χ3n) is 2.58. The molecule has 1 unspecified atom stereocenters. The van der Waals surface area contributed by atoms with Gasteiger partial charge in [0, 0.05) is 17.1 Å². The van der Waals surface area contributed by atoms with Gasteiger partial charge in [-0.25, -0.2) is 9.97 Å². The van der Waals surface area contributed by atoms with E-state index in [2.05, 4.69) is 22.2 Å². The zero-order valence-corrected chi connectivity index (χ0v) is 12.6. The highest BCUT2D eigenvalue weighted by molar-refractivity contribution is 7.99. The highest BCUT2D eigenvalue weighted by atomic mass is 32.2. The minimum atomic E-state index is -0.296. The Morgan fingerprint density at radius 1 is 1.42 bits per heavy atom. The number of primary amides is 1. The maximum atomic E-state index is 11.3. The van der Waals surface area contributed by atoms with Gasteiger partial charge in [0.1, 0.15) is 0 Å². The SMILES string of the molecule is CCCNC(CCSc1nc(C)cc(C)n1)C(N)=O. The minimum absolute atomic E-state index is 0.265. The molecule has 1 rings (SSSR count). The molecule has 1 aromatic rings. The molecule has 0 fully saturated rings. The number of hydrogen-bond donors (Lipinski definition) is 2. The van der Waals surface area contributed by atoms with E-state index in [-0.39, 0.29) is 11.9 Å². The van der Waals surface area contributed by atoms with Crippen molar-refractivity contribution < 1.29 is 4.79 Å². The summed E-state index contributed by atoms with van der Waals surface area (Å²) in [6.07, 6.45) is 1.67. The molecule has 0 aliphatic carbocycles. The van der Waals surface area contributed by atoms with Crippen molar-refractivity contribution in [3.63, 3.8) is 0 Å². The van der Waals surface area contributed by atoms with E-state index in [1.54, 1.807) is 11.8 Å². The molecule has 0 aliphatic rings. The lowest BCUT2D eigenvalue weighted by atomic mass is 10.2. The maximum Gasteiger partial charge on any atom is 0.234 e. The van der Waals surface area contributed by atoms with Crippen LogP contribution in [0, 0.1) is 13.8 Å². The van der Waals surface area contributed by atoms with Crippen LogP contribution in [-0.4, -0.2) is 34.2 Å². The van der Waals surface area contributed by atoms with Crippen molar-refractivity contribution in [2.75, 3.05) is 12.3 Å². The van der Waals surface area contributed by atoms with E-state index in [4.69, 9.17) is 5.73 Å². The van der Waals surface area contributed by atoms with E-state index in [1.807, 2.05) is 19.9 Å². The minimum Gasteiger partial charge on any atom is -0.368 e. The van der Waals surface area contributed by atoms with Gasteiger partial charge in [0.2, 0.25) is 5.91 Å². The van der Waals surface area contributed by atoms with E-state index < -0.39 is 0 Å². The van der Waals surface area contributed by atoms with Crippen molar-refractivity contribution in [3.8, 4) is 0 Å². The quantitative estimate of drug-likeness (QED) is 0.557. The van der Waals surface area contributed by atoms with Gasteiger partial charge < -0.3 is 11.1 Å². The van der Waals surface area contributed by atoms with Crippen LogP contribution in [0.25, 0.3) is 0 Å². The first-order chi connectivity index (χ1) is 9.02. The average Bonchev–Trinajstić information content (AvgIpc) is 2.31. The summed E-state index contributed by atoms with van der Waals surface area (Å²) >= 11 is 1.56. The van der Waals surface area contributed by atoms with Gasteiger partial charge in [-0.3, -0.25) is 4.79 Å². The second-order valence-corrected chi connectivity index (χ2v) is 5.54. The largest absolute Gasteiger partial charge is 0.368 e. The van der Waals surface area contributed by atoms with Crippen molar-refractivity contribution >= 4 is 17.7 Å². The molecule has 1 aromatic heterocycles. The Hall–Kier alpha value is -1.14. The average molecular weight is 282 g/mol. The Morgan fingerprint density at radius 2 is 2.05 bits per heavy atom. The lowest BCUT2D eigenvalue weighted by Crippen LogP contribution is -2.41. The fourth-order valence-electron chi connectivity index (χ4n) is 1.69. The number of carbonyl (C=O) groups excluding carboxylic acids is 1. The van der Waals surface area contributed by atoms with Crippen LogP contribution in [0.15, 0.2) is 11.2 Å². The summed E-state index contributed by atoms with van der Waals surface area (Å²) in [6, 6.07) is 1.68. The van der Waals surface area contributed by atoms with Crippen molar-refractivity contribution in [3.05, 3.63) is 17.5 Å². The molecular weight excluding hydrogens is 260 g/mol. The number of hydrogen-bond acceptors (Lipinski definition) is 5. The Labute approximate surface area is 118 Å². The smallest absolute Gasteiger partial charge is 0.234 e. The predicted molar refractivity (Wildman–Crippen MR) is 78.1 cm³/mol. The van der Waals surface area contributed by atoms with E-state index in [1.165, 1.54) is 0 Å². The third-order valence-corrected chi connectivity index (χ3v) is 3.46. The van der Waals surface area contributed by atoms with Gasteiger partial charge in [-0.15, -0.1) is 0 Å². The predicted octanol–water partition coefficient (Wildman–Crippen LogP) is 1.43. The third kappa shape index (κ3) is 6.02. The summed E-state index contributed by atoms with van der Waals surface area (Å²) < 4.78 is 0. The maximum absolute atomic E-state index is 11.3. The van der Waals surface area contributed by atoms with Gasteiger partial charge in [0.15, 0.2) is 5.16 Å². The van der Waals surface area contributed by atoms with Crippen LogP contribution in [0.3, 0.4) is 0 Å². The van der Waals surface area contributed by atoms with Gasteiger partial charge in [-0.1, -0.05) is 18.7 Å². The lowest BCUT2D eigenvalue weighted by Gasteiger charge is -2.14. The first-order valence-electron chi connectivity index (χ1n) is 6.50. The summed E-state index contributed by atoms with van der Waals surface area (Å²) in [7, 11) is 0. The molecule has 0 radical (unpaired) electrons. The number of thioether (sulfide) groups is 1. The number of aromatic nitrogens is 2. The zero-order chi connectivity index (χ0) is 14.3. The van der Waals surface area contributed by atoms with Crippen molar-refractivity contribution in [2.24, 2.45) is 5.73 Å². The van der Waals surface area contributed by atoms with Crippen LogP contribution in [0.5, 0.6) is 0 Å². The summed E-state index contributed by atoms with van der Waals surface area (Å²) in [5.74, 6) is 0.475. The van der Waals surface area contributed by atoms with Crippen LogP contribution in [0.4, 0.5) is 0 Å². The molecule has 1 heterocycles. The van der Waals surface area contributed by atoms with Crippen LogP contribution < -0.4 is 11.1 Å². The highest BCUT2D eigenvalue weighted by Crippen LogP contribution is 2.15. The molecule has 5 nitrogen and oxygen atoms in total. The molecule has 6 heteroatoms. The topological polar surface area (TPSA) is 80.9 Å². The Kier molecular flexibility index (Phi) is 6.80. The van der Waals surface area contributed by atoms with E-state index in [0.29, 0.717) is 6.42 Å². The summed E-state index contributed by atoms with van der Waals surface area (Å²) in [5.41, 5.74) is 7.29. The van der Waals surface area contributed by atoms with Crippen molar-refractivity contribution in [1.82, 2.24) is 15.3 Å². The monoisotopic (exact) mass is 282 g/mol. The molecule has 1 amide bonds. The number of rotatable bonds is 8. The van der Waals surface area contributed by atoms with Gasteiger partial charge in [-0.2, -0.15) is 0 Å². The second kappa shape index (κ2) is 8.12. The molecule has 106 valence electrons. The lowest BCUT2D eigenvalue weighted by molar-refractivity contribution is -0.120. The molecule has 0 aliphatic heterocycles. The molecule has 3 N–H and O–H groups in total. The number of nitrogens with zero attached hydrogens (tertiary/aromatic N) is 2. The molecule has 0 saturated carbocycles. The normalized spacial score (nSPS) is 12.4. The fraction of sp³-hybridized carbons (Fsp3) is 0.615. The van der Waals surface area contributed by atoms with Crippen LogP contribution in [0.2, 0.25) is 0 Å². The van der Waals surface area contributed by atoms with Gasteiger partial charge in [0.25, 0.3) is 0 Å². The molecular formula is C13H22N4OS. The van der Waals surface area contributed by atoms with Gasteiger partial charge in [0.05, 0.1) is 6.04 Å². The molecule has 1 atom stereocenters. The van der Waals surface area contributed by atoms with Crippen LogP contribution >= 0.6 is 11.8 Å². The fourth-order valence-corrected chi connectivity index (χ4v) is 2.64. The second-order valence-electron chi connectivity index (χ2n) is 4.48. The summed E-state index contributed by atoms with van der Waals surface area (Å²) in [5, 5.41) is 3.91. The van der Waals surface area contributed by atoms with Gasteiger partial charge in [-0.05, 0) is 39.3 Å². The zero-order valence-electron chi connectivity index (χ0n) is 11.8. The van der Waals surface area contributed by atoms with Crippen LogP contribution in [0.1, 0.15) is 31.2 Å². The number of aryl methyl sites for hydroxylation is 2. The summed E-state index contributed by atoms with van der Waals surface area (Å²) in [6.45, 7) is 6.77. The standard InChI is InChI=1S/C13H22N4OS/c1-4-6-15-11(12(14)18)5-7-19-13-16-9(2)8-10(3)17-13/h8,11,15H,4-7H2,1-3H3,(H2,14,18). The molecule has 0 saturated heterocycles. The number of amides is 1. The van der Waals surface area contributed by atoms with Gasteiger partial charge >= 0.3 is 0 Å². The Morgan fingerprint density at radius 3 is 2.58 bits per heavy atom. The van der Waals surface area contributed by atoms with E-state index >= 15 is 0 Å². The van der Waals surface area contributed by atoms with E-state index in [9.17, 15) is 4.79 Å². The van der Waals surface area contributed by atoms with Crippen molar-refractivity contribution in [1.29, 1.82) is 0 Å².